The van der Waals surface area contributed by atoms with Crippen molar-refractivity contribution in [2.45, 2.75) is 58.8 Å². The highest BCUT2D eigenvalue weighted by Crippen LogP contribution is 2.25. The van der Waals surface area contributed by atoms with Crippen molar-refractivity contribution in [3.05, 3.63) is 47.0 Å². The zero-order chi connectivity index (χ0) is 20.3. The van der Waals surface area contributed by atoms with E-state index < -0.39 is 0 Å². The summed E-state index contributed by atoms with van der Waals surface area (Å²) in [6.07, 6.45) is 2.59. The number of hydrogen-bond donors (Lipinski definition) is 1. The molecule has 150 valence electrons. The summed E-state index contributed by atoms with van der Waals surface area (Å²) >= 11 is 0. The van der Waals surface area contributed by atoms with Gasteiger partial charge in [-0.2, -0.15) is 5.10 Å². The number of rotatable bonds is 5. The van der Waals surface area contributed by atoms with Crippen molar-refractivity contribution in [3.63, 3.8) is 0 Å². The smallest absolute Gasteiger partial charge is 0.223 e. The van der Waals surface area contributed by atoms with Crippen molar-refractivity contribution in [2.75, 3.05) is 13.1 Å². The predicted molar refractivity (Wildman–Crippen MR) is 108 cm³/mol. The first-order chi connectivity index (χ1) is 13.2. The van der Waals surface area contributed by atoms with Crippen molar-refractivity contribution in [3.8, 4) is 0 Å². The Morgan fingerprint density at radius 1 is 1.21 bits per heavy atom. The number of nitrogens with one attached hydrogen (secondary N) is 1. The lowest BCUT2D eigenvalue weighted by atomic mass is 9.85. The maximum atomic E-state index is 12.9. The molecule has 0 unspecified atom stereocenters. The van der Waals surface area contributed by atoms with Crippen LogP contribution in [0.15, 0.2) is 24.3 Å². The number of aryl methyl sites for hydroxylation is 2. The molecule has 0 saturated carbocycles. The molecule has 1 fully saturated rings. The number of aromatic amines is 1. The van der Waals surface area contributed by atoms with Gasteiger partial charge in [-0.3, -0.25) is 14.7 Å². The van der Waals surface area contributed by atoms with Crippen molar-refractivity contribution in [2.24, 2.45) is 5.92 Å². The molecule has 0 spiro atoms. The van der Waals surface area contributed by atoms with Gasteiger partial charge in [-0.05, 0) is 30.7 Å². The number of H-pyrrole nitrogens is 1. The van der Waals surface area contributed by atoms with Crippen LogP contribution >= 0.6 is 0 Å². The number of carbonyl (C=O) groups excluding carboxylic acids is 2. The third-order valence-corrected chi connectivity index (χ3v) is 5.39. The number of benzene rings is 1. The van der Waals surface area contributed by atoms with Crippen LogP contribution < -0.4 is 0 Å². The van der Waals surface area contributed by atoms with E-state index in [4.69, 9.17) is 0 Å². The monoisotopic (exact) mass is 382 g/mol. The summed E-state index contributed by atoms with van der Waals surface area (Å²) in [6.45, 7) is 9.55. The minimum Gasteiger partial charge on any atom is -0.342 e. The van der Waals surface area contributed by atoms with E-state index in [-0.39, 0.29) is 23.0 Å². The fraction of sp³-hybridized carbons (Fsp3) is 0.545. The second kappa shape index (κ2) is 8.25. The number of nitrogens with zero attached hydrogens (tertiary/aromatic N) is 3. The van der Waals surface area contributed by atoms with E-state index >= 15 is 0 Å². The van der Waals surface area contributed by atoms with Gasteiger partial charge < -0.3 is 4.90 Å². The second-order valence-electron chi connectivity index (χ2n) is 8.71. The number of hydrogen-bond acceptors (Lipinski definition) is 4. The first-order valence-corrected chi connectivity index (χ1v) is 10.0. The van der Waals surface area contributed by atoms with Crippen LogP contribution in [0.1, 0.15) is 67.6 Å². The van der Waals surface area contributed by atoms with Crippen LogP contribution in [0, 0.1) is 12.8 Å². The predicted octanol–water partition coefficient (Wildman–Crippen LogP) is 3.46. The largest absolute Gasteiger partial charge is 0.342 e. The van der Waals surface area contributed by atoms with Gasteiger partial charge in [0.15, 0.2) is 11.6 Å². The summed E-state index contributed by atoms with van der Waals surface area (Å²) in [5, 5.41) is 6.87. The lowest BCUT2D eigenvalue weighted by Crippen LogP contribution is -2.42. The van der Waals surface area contributed by atoms with E-state index in [1.54, 1.807) is 0 Å². The first-order valence-electron chi connectivity index (χ1n) is 10.0. The number of ketones is 1. The Kier molecular flexibility index (Phi) is 5.96. The Morgan fingerprint density at radius 2 is 1.93 bits per heavy atom. The molecule has 6 heteroatoms. The van der Waals surface area contributed by atoms with E-state index in [9.17, 15) is 9.59 Å². The normalized spacial score (nSPS) is 17.6. The fourth-order valence-corrected chi connectivity index (χ4v) is 3.67. The molecule has 1 amide bonds. The zero-order valence-corrected chi connectivity index (χ0v) is 17.3. The minimum absolute atomic E-state index is 0.0668. The highest BCUT2D eigenvalue weighted by Gasteiger charge is 2.29. The average molecular weight is 383 g/mol. The molecule has 2 heterocycles. The second-order valence-corrected chi connectivity index (χ2v) is 8.71. The number of carbonyl (C=O) groups is 2. The Balaban J connectivity index is 1.59. The number of piperidine rings is 1. The molecule has 1 atom stereocenters. The van der Waals surface area contributed by atoms with Gasteiger partial charge in [-0.15, -0.1) is 0 Å². The number of amides is 1. The topological polar surface area (TPSA) is 79.0 Å². The molecule has 3 rings (SSSR count). The van der Waals surface area contributed by atoms with E-state index in [2.05, 4.69) is 36.0 Å². The summed E-state index contributed by atoms with van der Waals surface area (Å²) in [5.41, 5.74) is 2.02. The van der Waals surface area contributed by atoms with E-state index in [0.717, 1.165) is 30.8 Å². The molecular formula is C22H30N4O2. The molecule has 0 bridgehead atoms. The Hall–Kier alpha value is -2.50. The van der Waals surface area contributed by atoms with Crippen LogP contribution in [-0.2, 0) is 16.6 Å². The highest BCUT2D eigenvalue weighted by molar-refractivity contribution is 5.98. The lowest BCUT2D eigenvalue weighted by Gasteiger charge is -2.32. The molecule has 1 aromatic carbocycles. The number of likely N-dealkylation sites (tertiary alicyclic amines) is 1. The standard InChI is InChI=1S/C22H30N4O2/c1-15-23-19(25-24-15)11-12-20(27)26-13-5-6-17(14-26)21(28)16-7-9-18(10-8-16)22(2,3)4/h7-10,17H,5-6,11-14H2,1-4H3,(H,23,24,25)/t17-/m1/s1. The number of aromatic nitrogens is 3. The van der Waals surface area contributed by atoms with Crippen LogP contribution in [0.25, 0.3) is 0 Å². The fourth-order valence-electron chi connectivity index (χ4n) is 3.67. The minimum atomic E-state index is -0.121. The maximum absolute atomic E-state index is 12.9. The summed E-state index contributed by atoms with van der Waals surface area (Å²) in [6, 6.07) is 7.93. The highest BCUT2D eigenvalue weighted by atomic mass is 16.2. The van der Waals surface area contributed by atoms with Crippen LogP contribution in [0.3, 0.4) is 0 Å². The van der Waals surface area contributed by atoms with Crippen LogP contribution in [-0.4, -0.2) is 44.9 Å². The summed E-state index contributed by atoms with van der Waals surface area (Å²) in [5.74, 6) is 1.51. The summed E-state index contributed by atoms with van der Waals surface area (Å²) in [4.78, 5) is 31.6. The molecule has 1 aliphatic heterocycles. The van der Waals surface area contributed by atoms with Gasteiger partial charge in [-0.25, -0.2) is 4.98 Å². The lowest BCUT2D eigenvalue weighted by molar-refractivity contribution is -0.132. The van der Waals surface area contributed by atoms with E-state index in [0.29, 0.717) is 25.2 Å². The molecule has 0 radical (unpaired) electrons. The van der Waals surface area contributed by atoms with Gasteiger partial charge in [-0.1, -0.05) is 45.0 Å². The Morgan fingerprint density at radius 3 is 2.54 bits per heavy atom. The zero-order valence-electron chi connectivity index (χ0n) is 17.3. The van der Waals surface area contributed by atoms with Crippen LogP contribution in [0.4, 0.5) is 0 Å². The van der Waals surface area contributed by atoms with Gasteiger partial charge in [0.25, 0.3) is 0 Å². The molecule has 1 aliphatic rings. The third-order valence-electron chi connectivity index (χ3n) is 5.39. The van der Waals surface area contributed by atoms with Crippen molar-refractivity contribution in [1.29, 1.82) is 0 Å². The SMILES string of the molecule is Cc1nc(CCC(=O)N2CCC[C@@H](C(=O)c3ccc(C(C)(C)C)cc3)C2)n[nH]1. The molecule has 1 aromatic heterocycles. The van der Waals surface area contributed by atoms with Gasteiger partial charge in [0.05, 0.1) is 0 Å². The molecule has 2 aromatic rings. The quantitative estimate of drug-likeness (QED) is 0.803. The van der Waals surface area contributed by atoms with Gasteiger partial charge in [0.1, 0.15) is 5.82 Å². The van der Waals surface area contributed by atoms with Crippen LogP contribution in [0.5, 0.6) is 0 Å². The molecule has 0 aliphatic carbocycles. The van der Waals surface area contributed by atoms with E-state index in [1.807, 2.05) is 36.1 Å². The van der Waals surface area contributed by atoms with Crippen LogP contribution in [0.2, 0.25) is 0 Å². The van der Waals surface area contributed by atoms with E-state index in [1.165, 1.54) is 5.56 Å². The molecule has 1 N–H and O–H groups in total. The molecular weight excluding hydrogens is 352 g/mol. The average Bonchev–Trinajstić information content (AvgIpc) is 3.10. The molecule has 28 heavy (non-hydrogen) atoms. The third kappa shape index (κ3) is 4.86. The summed E-state index contributed by atoms with van der Waals surface area (Å²) < 4.78 is 0. The summed E-state index contributed by atoms with van der Waals surface area (Å²) in [7, 11) is 0. The van der Waals surface area contributed by atoms with Gasteiger partial charge >= 0.3 is 0 Å². The van der Waals surface area contributed by atoms with Crippen molar-refractivity contribution < 1.29 is 9.59 Å². The first kappa shape index (κ1) is 20.2. The molecule has 6 nitrogen and oxygen atoms in total. The van der Waals surface area contributed by atoms with Gasteiger partial charge in [0, 0.05) is 37.4 Å². The Bertz CT molecular complexity index is 833. The van der Waals surface area contributed by atoms with Crippen molar-refractivity contribution >= 4 is 11.7 Å². The maximum Gasteiger partial charge on any atom is 0.223 e. The molecule has 1 saturated heterocycles. The van der Waals surface area contributed by atoms with Crippen molar-refractivity contribution in [1.82, 2.24) is 20.1 Å². The number of Topliss-reactive ketones (excluding diaryl/α,β-unsaturated/α-hetero) is 1. The van der Waals surface area contributed by atoms with Gasteiger partial charge in [0.2, 0.25) is 5.91 Å². The Labute approximate surface area is 166 Å².